The predicted octanol–water partition coefficient (Wildman–Crippen LogP) is 5.79. The molecule has 0 radical (unpaired) electrons. The molecular formula is C19H19N3OS. The monoisotopic (exact) mass is 337 g/mol. The molecule has 0 amide bonds. The van der Waals surface area contributed by atoms with Gasteiger partial charge in [0.15, 0.2) is 10.7 Å². The van der Waals surface area contributed by atoms with Crippen LogP contribution in [0, 0.1) is 6.92 Å². The molecule has 0 fully saturated rings. The minimum Gasteiger partial charge on any atom is -0.423 e. The van der Waals surface area contributed by atoms with Gasteiger partial charge in [0.05, 0.1) is 10.2 Å². The van der Waals surface area contributed by atoms with Gasteiger partial charge in [-0.15, -0.1) is 0 Å². The number of aromatic nitrogens is 2. The third-order valence-electron chi connectivity index (χ3n) is 4.09. The van der Waals surface area contributed by atoms with Crippen molar-refractivity contribution in [1.29, 1.82) is 0 Å². The van der Waals surface area contributed by atoms with E-state index in [0.29, 0.717) is 6.01 Å². The van der Waals surface area contributed by atoms with Gasteiger partial charge in [-0.3, -0.25) is 5.32 Å². The predicted molar refractivity (Wildman–Crippen MR) is 100 cm³/mol. The molecule has 4 aromatic rings. The Morgan fingerprint density at radius 3 is 2.67 bits per heavy atom. The van der Waals surface area contributed by atoms with Gasteiger partial charge in [-0.2, -0.15) is 4.98 Å². The molecule has 0 saturated carbocycles. The minimum atomic E-state index is 0.0886. The Bertz CT molecular complexity index is 1040. The van der Waals surface area contributed by atoms with Crippen LogP contribution in [-0.2, 0) is 5.41 Å². The molecule has 122 valence electrons. The van der Waals surface area contributed by atoms with Crippen LogP contribution in [0.3, 0.4) is 0 Å². The number of nitrogens with zero attached hydrogens (tertiary/aromatic N) is 2. The first-order chi connectivity index (χ1) is 11.4. The molecular weight excluding hydrogens is 318 g/mol. The lowest BCUT2D eigenvalue weighted by molar-refractivity contribution is 0.590. The van der Waals surface area contributed by atoms with E-state index in [1.807, 2.05) is 12.1 Å². The van der Waals surface area contributed by atoms with E-state index in [1.54, 1.807) is 11.3 Å². The van der Waals surface area contributed by atoms with Crippen molar-refractivity contribution in [3.05, 3.63) is 47.5 Å². The fourth-order valence-corrected chi connectivity index (χ4v) is 3.61. The number of oxazole rings is 1. The summed E-state index contributed by atoms with van der Waals surface area (Å²) in [7, 11) is 0. The molecule has 0 aliphatic carbocycles. The van der Waals surface area contributed by atoms with E-state index >= 15 is 0 Å². The Morgan fingerprint density at radius 1 is 1.08 bits per heavy atom. The number of rotatable bonds is 2. The van der Waals surface area contributed by atoms with Crippen molar-refractivity contribution in [2.24, 2.45) is 0 Å². The zero-order valence-corrected chi connectivity index (χ0v) is 15.0. The third-order valence-corrected chi connectivity index (χ3v) is 5.02. The summed E-state index contributed by atoms with van der Waals surface area (Å²) in [5, 5.41) is 3.99. The standard InChI is InChI=1S/C19H19N3OS/c1-11-6-5-7-15-16(11)21-18(24-15)22-17-20-13-10-12(19(2,3)4)8-9-14(13)23-17/h5-10H,1-4H3,(H,20,21,22). The lowest BCUT2D eigenvalue weighted by atomic mass is 9.87. The van der Waals surface area contributed by atoms with Gasteiger partial charge in [-0.25, -0.2) is 4.98 Å². The Kier molecular flexibility index (Phi) is 3.35. The highest BCUT2D eigenvalue weighted by Crippen LogP contribution is 2.32. The molecule has 0 atom stereocenters. The van der Waals surface area contributed by atoms with Gasteiger partial charge in [0.1, 0.15) is 5.52 Å². The van der Waals surface area contributed by atoms with Crippen LogP contribution in [0.2, 0.25) is 0 Å². The van der Waals surface area contributed by atoms with Crippen molar-refractivity contribution in [3.8, 4) is 0 Å². The minimum absolute atomic E-state index is 0.0886. The normalized spacial score (nSPS) is 12.2. The van der Waals surface area contributed by atoms with Crippen LogP contribution in [0.4, 0.5) is 11.1 Å². The first-order valence-electron chi connectivity index (χ1n) is 7.94. The number of hydrogen-bond donors (Lipinski definition) is 1. The zero-order valence-electron chi connectivity index (χ0n) is 14.2. The lowest BCUT2D eigenvalue weighted by Gasteiger charge is -2.18. The number of fused-ring (bicyclic) bond motifs is 2. The highest BCUT2D eigenvalue weighted by Gasteiger charge is 2.16. The maximum atomic E-state index is 5.81. The van der Waals surface area contributed by atoms with Crippen molar-refractivity contribution in [2.45, 2.75) is 33.1 Å². The summed E-state index contributed by atoms with van der Waals surface area (Å²) in [6.45, 7) is 8.64. The molecule has 4 rings (SSSR count). The van der Waals surface area contributed by atoms with Crippen molar-refractivity contribution >= 4 is 43.8 Å². The van der Waals surface area contributed by atoms with Crippen molar-refractivity contribution in [1.82, 2.24) is 9.97 Å². The average molecular weight is 337 g/mol. The number of para-hydroxylation sites is 1. The van der Waals surface area contributed by atoms with Crippen molar-refractivity contribution < 1.29 is 4.42 Å². The fourth-order valence-electron chi connectivity index (χ4n) is 2.68. The van der Waals surface area contributed by atoms with Crippen molar-refractivity contribution in [3.63, 3.8) is 0 Å². The van der Waals surface area contributed by atoms with Crippen LogP contribution >= 0.6 is 11.3 Å². The molecule has 0 aliphatic rings. The SMILES string of the molecule is Cc1cccc2sc(Nc3nc4cc(C(C)(C)C)ccc4o3)nc12. The molecule has 4 nitrogen and oxygen atoms in total. The first-order valence-corrected chi connectivity index (χ1v) is 8.76. The highest BCUT2D eigenvalue weighted by atomic mass is 32.1. The number of hydrogen-bond acceptors (Lipinski definition) is 5. The number of thiazole rings is 1. The Morgan fingerprint density at radius 2 is 1.92 bits per heavy atom. The average Bonchev–Trinajstić information content (AvgIpc) is 3.09. The fraction of sp³-hybridized carbons (Fsp3) is 0.263. The molecule has 24 heavy (non-hydrogen) atoms. The van der Waals surface area contributed by atoms with Crippen LogP contribution in [0.25, 0.3) is 21.3 Å². The molecule has 1 N–H and O–H groups in total. The summed E-state index contributed by atoms with van der Waals surface area (Å²) in [6.07, 6.45) is 0. The summed E-state index contributed by atoms with van der Waals surface area (Å²) in [5.74, 6) is 0. The van der Waals surface area contributed by atoms with Gasteiger partial charge < -0.3 is 4.42 Å². The van der Waals surface area contributed by atoms with E-state index in [9.17, 15) is 0 Å². The molecule has 0 aliphatic heterocycles. The van der Waals surface area contributed by atoms with E-state index in [4.69, 9.17) is 4.42 Å². The van der Waals surface area contributed by atoms with Crippen LogP contribution in [0.1, 0.15) is 31.9 Å². The summed E-state index contributed by atoms with van der Waals surface area (Å²) in [4.78, 5) is 9.21. The maximum absolute atomic E-state index is 5.81. The summed E-state index contributed by atoms with van der Waals surface area (Å²) in [6, 6.07) is 12.8. The second-order valence-corrected chi connectivity index (χ2v) is 8.05. The van der Waals surface area contributed by atoms with E-state index in [2.05, 4.69) is 67.2 Å². The van der Waals surface area contributed by atoms with Crippen LogP contribution in [0.5, 0.6) is 0 Å². The van der Waals surface area contributed by atoms with Crippen LogP contribution in [-0.4, -0.2) is 9.97 Å². The smallest absolute Gasteiger partial charge is 0.302 e. The Labute approximate surface area is 144 Å². The number of aryl methyl sites for hydroxylation is 1. The molecule has 0 unspecified atom stereocenters. The van der Waals surface area contributed by atoms with E-state index in [-0.39, 0.29) is 5.41 Å². The number of benzene rings is 2. The van der Waals surface area contributed by atoms with E-state index in [0.717, 1.165) is 26.4 Å². The highest BCUT2D eigenvalue weighted by molar-refractivity contribution is 7.22. The molecule has 2 heterocycles. The van der Waals surface area contributed by atoms with Gasteiger partial charge in [0.2, 0.25) is 0 Å². The third kappa shape index (κ3) is 2.65. The molecule has 0 saturated heterocycles. The summed E-state index contributed by atoms with van der Waals surface area (Å²) in [5.41, 5.74) is 5.17. The van der Waals surface area contributed by atoms with Crippen molar-refractivity contribution in [2.75, 3.05) is 5.32 Å². The molecule has 0 bridgehead atoms. The van der Waals surface area contributed by atoms with E-state index in [1.165, 1.54) is 11.1 Å². The van der Waals surface area contributed by atoms with Crippen LogP contribution < -0.4 is 5.32 Å². The molecule has 5 heteroatoms. The maximum Gasteiger partial charge on any atom is 0.302 e. The molecule has 2 aromatic carbocycles. The van der Waals surface area contributed by atoms with Gasteiger partial charge >= 0.3 is 6.01 Å². The number of anilines is 2. The molecule has 0 spiro atoms. The lowest BCUT2D eigenvalue weighted by Crippen LogP contribution is -2.10. The van der Waals surface area contributed by atoms with Gasteiger partial charge in [-0.1, -0.05) is 50.3 Å². The summed E-state index contributed by atoms with van der Waals surface area (Å²) >= 11 is 1.60. The second-order valence-electron chi connectivity index (χ2n) is 7.02. The summed E-state index contributed by atoms with van der Waals surface area (Å²) < 4.78 is 6.97. The quantitative estimate of drug-likeness (QED) is 0.503. The Balaban J connectivity index is 1.69. The van der Waals surface area contributed by atoms with Gasteiger partial charge in [0.25, 0.3) is 0 Å². The van der Waals surface area contributed by atoms with Gasteiger partial charge in [0, 0.05) is 0 Å². The first kappa shape index (κ1) is 15.1. The van der Waals surface area contributed by atoms with E-state index < -0.39 is 0 Å². The Hall–Kier alpha value is -2.40. The van der Waals surface area contributed by atoms with Crippen LogP contribution in [0.15, 0.2) is 40.8 Å². The largest absolute Gasteiger partial charge is 0.423 e. The zero-order chi connectivity index (χ0) is 16.9. The topological polar surface area (TPSA) is 51.0 Å². The molecule has 2 aromatic heterocycles. The second kappa shape index (κ2) is 5.31. The van der Waals surface area contributed by atoms with Gasteiger partial charge in [-0.05, 0) is 41.7 Å². The number of nitrogens with one attached hydrogen (secondary N) is 1.